The Balaban J connectivity index is 1.83. The molecule has 0 N–H and O–H groups in total. The second-order valence-electron chi connectivity index (χ2n) is 7.18. The van der Waals surface area contributed by atoms with Crippen LogP contribution in [0.25, 0.3) is 0 Å². The van der Waals surface area contributed by atoms with Crippen LogP contribution in [-0.4, -0.2) is 12.6 Å². The van der Waals surface area contributed by atoms with E-state index in [-0.39, 0.29) is 5.97 Å². The van der Waals surface area contributed by atoms with Crippen molar-refractivity contribution < 1.29 is 14.3 Å². The fourth-order valence-electron chi connectivity index (χ4n) is 2.81. The van der Waals surface area contributed by atoms with Gasteiger partial charge >= 0.3 is 5.97 Å². The molecule has 0 saturated carbocycles. The molecule has 0 fully saturated rings. The van der Waals surface area contributed by atoms with Gasteiger partial charge in [-0.25, -0.2) is 4.79 Å². The SMILES string of the molecule is CCCCCCOc1ccc(C(=O)Oc2ccc(C[C@H](C)CC)cc2)cc1. The third-order valence-corrected chi connectivity index (χ3v) is 4.77. The molecule has 2 aromatic rings. The van der Waals surface area contributed by atoms with Gasteiger partial charge in [0.25, 0.3) is 0 Å². The molecule has 0 heterocycles. The zero-order valence-corrected chi connectivity index (χ0v) is 16.9. The molecule has 0 aliphatic carbocycles. The molecule has 146 valence electrons. The van der Waals surface area contributed by atoms with E-state index < -0.39 is 0 Å². The van der Waals surface area contributed by atoms with Gasteiger partial charge in [0.05, 0.1) is 12.2 Å². The Hall–Kier alpha value is -2.29. The molecule has 0 bridgehead atoms. The van der Waals surface area contributed by atoms with E-state index in [1.807, 2.05) is 36.4 Å². The molecule has 27 heavy (non-hydrogen) atoms. The Morgan fingerprint density at radius 1 is 0.889 bits per heavy atom. The van der Waals surface area contributed by atoms with Crippen LogP contribution < -0.4 is 9.47 Å². The lowest BCUT2D eigenvalue weighted by Crippen LogP contribution is -2.08. The van der Waals surface area contributed by atoms with Gasteiger partial charge in [-0.1, -0.05) is 58.6 Å². The first kappa shape index (κ1) is 21.0. The number of unbranched alkanes of at least 4 members (excludes halogenated alkanes) is 3. The summed E-state index contributed by atoms with van der Waals surface area (Å²) in [6.07, 6.45) is 6.92. The second kappa shape index (κ2) is 11.4. The van der Waals surface area contributed by atoms with E-state index in [0.717, 1.165) is 25.0 Å². The number of benzene rings is 2. The molecule has 0 aromatic heterocycles. The highest BCUT2D eigenvalue weighted by atomic mass is 16.5. The van der Waals surface area contributed by atoms with E-state index >= 15 is 0 Å². The summed E-state index contributed by atoms with van der Waals surface area (Å²) in [7, 11) is 0. The Kier molecular flexibility index (Phi) is 8.90. The van der Waals surface area contributed by atoms with Crippen LogP contribution in [-0.2, 0) is 6.42 Å². The first-order valence-electron chi connectivity index (χ1n) is 10.2. The van der Waals surface area contributed by atoms with Crippen molar-refractivity contribution in [2.24, 2.45) is 5.92 Å². The summed E-state index contributed by atoms with van der Waals surface area (Å²) in [6, 6.07) is 14.9. The monoisotopic (exact) mass is 368 g/mol. The largest absolute Gasteiger partial charge is 0.494 e. The van der Waals surface area contributed by atoms with Crippen molar-refractivity contribution in [3.05, 3.63) is 59.7 Å². The first-order chi connectivity index (χ1) is 13.1. The third-order valence-electron chi connectivity index (χ3n) is 4.77. The summed E-state index contributed by atoms with van der Waals surface area (Å²) in [5.74, 6) is 1.67. The van der Waals surface area contributed by atoms with Gasteiger partial charge in [-0.05, 0) is 60.7 Å². The van der Waals surface area contributed by atoms with Crippen LogP contribution in [0.2, 0.25) is 0 Å². The molecule has 2 rings (SSSR count). The summed E-state index contributed by atoms with van der Waals surface area (Å²) in [5, 5.41) is 0. The van der Waals surface area contributed by atoms with Crippen LogP contribution in [0.5, 0.6) is 11.5 Å². The van der Waals surface area contributed by atoms with E-state index in [2.05, 4.69) is 20.8 Å². The van der Waals surface area contributed by atoms with Crippen molar-refractivity contribution in [1.29, 1.82) is 0 Å². The summed E-state index contributed by atoms with van der Waals surface area (Å²) >= 11 is 0. The van der Waals surface area contributed by atoms with Crippen molar-refractivity contribution in [3.8, 4) is 11.5 Å². The minimum atomic E-state index is -0.348. The zero-order valence-electron chi connectivity index (χ0n) is 16.9. The first-order valence-corrected chi connectivity index (χ1v) is 10.2. The number of rotatable bonds is 11. The molecule has 1 atom stereocenters. The Labute approximate surface area is 163 Å². The van der Waals surface area contributed by atoms with Gasteiger partial charge in [0, 0.05) is 0 Å². The maximum atomic E-state index is 12.3. The molecule has 0 aliphatic rings. The highest BCUT2D eigenvalue weighted by Gasteiger charge is 2.09. The van der Waals surface area contributed by atoms with Crippen molar-refractivity contribution in [3.63, 3.8) is 0 Å². The van der Waals surface area contributed by atoms with Crippen molar-refractivity contribution in [2.45, 2.75) is 59.3 Å². The number of carbonyl (C=O) groups excluding carboxylic acids is 1. The quantitative estimate of drug-likeness (QED) is 0.260. The van der Waals surface area contributed by atoms with Crippen LogP contribution >= 0.6 is 0 Å². The molecule has 0 radical (unpaired) electrons. The summed E-state index contributed by atoms with van der Waals surface area (Å²) in [6.45, 7) is 7.35. The molecular formula is C24H32O3. The van der Waals surface area contributed by atoms with Gasteiger partial charge in [-0.2, -0.15) is 0 Å². The van der Waals surface area contributed by atoms with E-state index in [1.54, 1.807) is 12.1 Å². The molecular weight excluding hydrogens is 336 g/mol. The van der Waals surface area contributed by atoms with Crippen LogP contribution in [0.4, 0.5) is 0 Å². The Morgan fingerprint density at radius 3 is 2.19 bits per heavy atom. The number of hydrogen-bond donors (Lipinski definition) is 0. The van der Waals surface area contributed by atoms with Gasteiger partial charge in [0.1, 0.15) is 11.5 Å². The molecule has 3 nitrogen and oxygen atoms in total. The van der Waals surface area contributed by atoms with Crippen LogP contribution in [0.15, 0.2) is 48.5 Å². The second-order valence-corrected chi connectivity index (χ2v) is 7.18. The highest BCUT2D eigenvalue weighted by molar-refractivity contribution is 5.91. The number of carbonyl (C=O) groups is 1. The average Bonchev–Trinajstić information content (AvgIpc) is 2.69. The highest BCUT2D eigenvalue weighted by Crippen LogP contribution is 2.19. The van der Waals surface area contributed by atoms with Gasteiger partial charge in [-0.15, -0.1) is 0 Å². The number of hydrogen-bond acceptors (Lipinski definition) is 3. The van der Waals surface area contributed by atoms with Crippen LogP contribution in [0, 0.1) is 5.92 Å². The zero-order chi connectivity index (χ0) is 19.5. The van der Waals surface area contributed by atoms with E-state index in [9.17, 15) is 4.79 Å². The molecule has 0 saturated heterocycles. The minimum Gasteiger partial charge on any atom is -0.494 e. The average molecular weight is 369 g/mol. The fraction of sp³-hybridized carbons (Fsp3) is 0.458. The van der Waals surface area contributed by atoms with Gasteiger partial charge in [0.2, 0.25) is 0 Å². The molecule has 0 unspecified atom stereocenters. The van der Waals surface area contributed by atoms with Crippen molar-refractivity contribution >= 4 is 5.97 Å². The molecule has 0 aliphatic heterocycles. The van der Waals surface area contributed by atoms with Crippen LogP contribution in [0.1, 0.15) is 68.8 Å². The summed E-state index contributed by atoms with van der Waals surface area (Å²) < 4.78 is 11.2. The smallest absolute Gasteiger partial charge is 0.343 e. The molecule has 2 aromatic carbocycles. The third kappa shape index (κ3) is 7.46. The maximum Gasteiger partial charge on any atom is 0.343 e. The standard InChI is InChI=1S/C24H32O3/c1-4-6-7-8-17-26-22-15-11-21(12-16-22)24(25)27-23-13-9-20(10-14-23)18-19(3)5-2/h9-16,19H,4-8,17-18H2,1-3H3/t19-/m1/s1. The number of esters is 1. The normalized spacial score (nSPS) is 11.8. The van der Waals surface area contributed by atoms with E-state index in [1.165, 1.54) is 24.8 Å². The predicted octanol–water partition coefficient (Wildman–Crippen LogP) is 6.45. The van der Waals surface area contributed by atoms with Gasteiger partial charge in [0.15, 0.2) is 0 Å². The number of ether oxygens (including phenoxy) is 2. The van der Waals surface area contributed by atoms with Crippen molar-refractivity contribution in [1.82, 2.24) is 0 Å². The molecule has 0 spiro atoms. The summed E-state index contributed by atoms with van der Waals surface area (Å²) in [4.78, 5) is 12.3. The maximum absolute atomic E-state index is 12.3. The Bertz CT molecular complexity index is 674. The van der Waals surface area contributed by atoms with Gasteiger partial charge in [-0.3, -0.25) is 0 Å². The predicted molar refractivity (Wildman–Crippen MR) is 111 cm³/mol. The topological polar surface area (TPSA) is 35.5 Å². The van der Waals surface area contributed by atoms with E-state index in [4.69, 9.17) is 9.47 Å². The van der Waals surface area contributed by atoms with E-state index in [0.29, 0.717) is 23.8 Å². The van der Waals surface area contributed by atoms with Crippen LogP contribution in [0.3, 0.4) is 0 Å². The lowest BCUT2D eigenvalue weighted by molar-refractivity contribution is 0.0734. The molecule has 3 heteroatoms. The Morgan fingerprint density at radius 2 is 1.56 bits per heavy atom. The summed E-state index contributed by atoms with van der Waals surface area (Å²) in [5.41, 5.74) is 1.79. The fourth-order valence-corrected chi connectivity index (χ4v) is 2.81. The lowest BCUT2D eigenvalue weighted by atomic mass is 9.99. The minimum absolute atomic E-state index is 0.348. The van der Waals surface area contributed by atoms with Gasteiger partial charge < -0.3 is 9.47 Å². The van der Waals surface area contributed by atoms with Crippen molar-refractivity contribution in [2.75, 3.05) is 6.61 Å². The lowest BCUT2D eigenvalue weighted by Gasteiger charge is -2.10. The molecule has 0 amide bonds.